The Morgan fingerprint density at radius 3 is 0.691 bits per heavy atom. The lowest BCUT2D eigenvalue weighted by Crippen LogP contribution is -2.40. The van der Waals surface area contributed by atoms with Gasteiger partial charge in [-0.2, -0.15) is 0 Å². The maximum atomic E-state index is 14.2. The molecule has 0 aliphatic heterocycles. The highest BCUT2D eigenvalue weighted by Crippen LogP contribution is 2.47. The number of carboxylic acids is 1. The Morgan fingerprint density at radius 1 is 0.279 bits per heavy atom. The lowest BCUT2D eigenvalue weighted by molar-refractivity contribution is -0.155. The maximum Gasteiger partial charge on any atom is 0.309 e. The van der Waals surface area contributed by atoms with Gasteiger partial charge in [0.05, 0.1) is 5.41 Å². The molecule has 0 aliphatic rings. The first-order chi connectivity index (χ1) is 33.5. The Bertz CT molecular complexity index is 913. The molecule has 0 rings (SSSR count). The number of aliphatic carboxylic acids is 1. The van der Waals surface area contributed by atoms with Gasteiger partial charge in [-0.3, -0.25) is 4.79 Å². The molecule has 0 fully saturated rings. The second-order valence-corrected chi connectivity index (χ2v) is 23.4. The van der Waals surface area contributed by atoms with Gasteiger partial charge in [0.1, 0.15) is 0 Å². The van der Waals surface area contributed by atoms with Crippen LogP contribution in [0.1, 0.15) is 401 Å². The standard InChI is InChI=1S/C66H132O2/c1-6-11-16-21-26-31-34-36-40-45-50-55-60-66(65(67)68,61-56-51-46-41-37-35-32-27-22-17-12-7-2)64(59-54-49-44-38-29-24-19-14-9-4)62-63(57-52-47-42-30-25-20-15-10-5)58-53-48-43-39-33-28-23-18-13-8-3/h63-64H,6-62H2,1-5H3,(H,67,68). The first-order valence-electron chi connectivity index (χ1n) is 32.8. The van der Waals surface area contributed by atoms with E-state index in [0.29, 0.717) is 11.8 Å². The van der Waals surface area contributed by atoms with Gasteiger partial charge in [-0.15, -0.1) is 0 Å². The average molecular weight is 958 g/mol. The zero-order valence-electron chi connectivity index (χ0n) is 48.3. The van der Waals surface area contributed by atoms with Crippen LogP contribution in [0.25, 0.3) is 0 Å². The molecule has 2 heteroatoms. The normalized spacial score (nSPS) is 12.9. The fourth-order valence-electron chi connectivity index (χ4n) is 12.1. The molecule has 0 aromatic rings. The number of hydrogen-bond acceptors (Lipinski definition) is 1. The molecule has 0 heterocycles. The maximum absolute atomic E-state index is 14.2. The summed E-state index contributed by atoms with van der Waals surface area (Å²) in [5.41, 5.74) is -0.535. The van der Waals surface area contributed by atoms with E-state index >= 15 is 0 Å². The number of hydrogen-bond donors (Lipinski definition) is 1. The molecule has 0 saturated heterocycles. The van der Waals surface area contributed by atoms with E-state index in [1.807, 2.05) is 0 Å². The Labute approximate surface area is 431 Å². The molecule has 2 atom stereocenters. The summed E-state index contributed by atoms with van der Waals surface area (Å²) >= 11 is 0. The van der Waals surface area contributed by atoms with Crippen molar-refractivity contribution >= 4 is 5.97 Å². The Kier molecular flexibility index (Phi) is 55.3. The summed E-state index contributed by atoms with van der Waals surface area (Å²) in [5.74, 6) is 0.636. The van der Waals surface area contributed by atoms with E-state index < -0.39 is 11.4 Å². The molecule has 0 aliphatic carbocycles. The van der Waals surface area contributed by atoms with Gasteiger partial charge in [0, 0.05) is 0 Å². The van der Waals surface area contributed by atoms with Crippen molar-refractivity contribution in [2.24, 2.45) is 17.3 Å². The summed E-state index contributed by atoms with van der Waals surface area (Å²) < 4.78 is 0. The van der Waals surface area contributed by atoms with E-state index in [0.717, 1.165) is 32.1 Å². The largest absolute Gasteiger partial charge is 0.481 e. The van der Waals surface area contributed by atoms with Crippen molar-refractivity contribution in [1.29, 1.82) is 0 Å². The minimum absolute atomic E-state index is 0.340. The first-order valence-corrected chi connectivity index (χ1v) is 32.8. The van der Waals surface area contributed by atoms with Crippen LogP contribution in [-0.4, -0.2) is 11.1 Å². The Morgan fingerprint density at radius 2 is 0.471 bits per heavy atom. The van der Waals surface area contributed by atoms with Crippen molar-refractivity contribution in [2.45, 2.75) is 401 Å². The van der Waals surface area contributed by atoms with Gasteiger partial charge in [-0.25, -0.2) is 0 Å². The summed E-state index contributed by atoms with van der Waals surface area (Å²) in [4.78, 5) is 14.2. The highest BCUT2D eigenvalue weighted by molar-refractivity contribution is 5.75. The van der Waals surface area contributed by atoms with Gasteiger partial charge < -0.3 is 5.11 Å². The highest BCUT2D eigenvalue weighted by atomic mass is 16.4. The molecule has 0 aromatic carbocycles. The number of carboxylic acid groups (broad SMARTS) is 1. The van der Waals surface area contributed by atoms with Gasteiger partial charge in [-0.05, 0) is 37.5 Å². The predicted octanol–water partition coefficient (Wildman–Crippen LogP) is 24.6. The van der Waals surface area contributed by atoms with Crippen LogP contribution in [0.3, 0.4) is 0 Å². The van der Waals surface area contributed by atoms with E-state index in [2.05, 4.69) is 34.6 Å². The summed E-state index contributed by atoms with van der Waals surface area (Å²) in [7, 11) is 0. The predicted molar refractivity (Wildman–Crippen MR) is 309 cm³/mol. The van der Waals surface area contributed by atoms with Gasteiger partial charge in [0.2, 0.25) is 0 Å². The molecule has 0 bridgehead atoms. The zero-order valence-corrected chi connectivity index (χ0v) is 48.3. The number of unbranched alkanes of at least 4 members (excludes halogenated alkanes) is 46. The summed E-state index contributed by atoms with van der Waals surface area (Å²) in [6.45, 7) is 11.6. The highest BCUT2D eigenvalue weighted by Gasteiger charge is 2.45. The summed E-state index contributed by atoms with van der Waals surface area (Å²) in [6.07, 6.45) is 76.5. The minimum atomic E-state index is -0.535. The summed E-state index contributed by atoms with van der Waals surface area (Å²) in [5, 5.41) is 11.7. The van der Waals surface area contributed by atoms with Crippen LogP contribution in [0.2, 0.25) is 0 Å². The fraction of sp³-hybridized carbons (Fsp3) is 0.985. The van der Waals surface area contributed by atoms with Crippen LogP contribution < -0.4 is 0 Å². The van der Waals surface area contributed by atoms with Crippen LogP contribution in [0.4, 0.5) is 0 Å². The SMILES string of the molecule is CCCCCCCCCCCCCCC(CCCCCCCCCCCCCC)(C(=O)O)C(CCCCCCCCCCC)CC(CCCCCCCCCC)CCCCCCCCCCCC. The third kappa shape index (κ3) is 44.2. The van der Waals surface area contributed by atoms with Crippen molar-refractivity contribution in [2.75, 3.05) is 0 Å². The zero-order chi connectivity index (χ0) is 49.5. The van der Waals surface area contributed by atoms with Crippen molar-refractivity contribution in [3.63, 3.8) is 0 Å². The van der Waals surface area contributed by atoms with Gasteiger partial charge in [-0.1, -0.05) is 375 Å². The molecular formula is C66H132O2. The fourth-order valence-corrected chi connectivity index (χ4v) is 12.1. The molecular weight excluding hydrogens is 825 g/mol. The van der Waals surface area contributed by atoms with Crippen molar-refractivity contribution < 1.29 is 9.90 Å². The van der Waals surface area contributed by atoms with E-state index in [1.165, 1.54) is 334 Å². The molecule has 2 nitrogen and oxygen atoms in total. The third-order valence-corrected chi connectivity index (χ3v) is 16.9. The van der Waals surface area contributed by atoms with E-state index in [-0.39, 0.29) is 0 Å². The molecule has 0 amide bonds. The van der Waals surface area contributed by atoms with Gasteiger partial charge in [0.25, 0.3) is 0 Å². The molecule has 0 spiro atoms. The van der Waals surface area contributed by atoms with E-state index in [4.69, 9.17) is 0 Å². The van der Waals surface area contributed by atoms with Crippen molar-refractivity contribution in [3.05, 3.63) is 0 Å². The van der Waals surface area contributed by atoms with Crippen LogP contribution in [0.5, 0.6) is 0 Å². The van der Waals surface area contributed by atoms with Crippen LogP contribution in [0, 0.1) is 17.3 Å². The average Bonchev–Trinajstić information content (AvgIpc) is 3.34. The molecule has 1 N–H and O–H groups in total. The molecule has 0 radical (unpaired) electrons. The molecule has 408 valence electrons. The van der Waals surface area contributed by atoms with E-state index in [9.17, 15) is 9.90 Å². The van der Waals surface area contributed by atoms with Crippen LogP contribution in [0.15, 0.2) is 0 Å². The lowest BCUT2D eigenvalue weighted by atomic mass is 9.63. The third-order valence-electron chi connectivity index (χ3n) is 16.9. The summed E-state index contributed by atoms with van der Waals surface area (Å²) in [6, 6.07) is 0. The first kappa shape index (κ1) is 67.5. The van der Waals surface area contributed by atoms with Crippen LogP contribution in [-0.2, 0) is 4.79 Å². The number of rotatable bonds is 60. The molecule has 68 heavy (non-hydrogen) atoms. The monoisotopic (exact) mass is 957 g/mol. The van der Waals surface area contributed by atoms with Gasteiger partial charge in [0.15, 0.2) is 0 Å². The lowest BCUT2D eigenvalue weighted by Gasteiger charge is -2.40. The van der Waals surface area contributed by atoms with E-state index in [1.54, 1.807) is 0 Å². The quantitative estimate of drug-likeness (QED) is 0.0617. The second kappa shape index (κ2) is 55.8. The van der Waals surface area contributed by atoms with Gasteiger partial charge >= 0.3 is 5.97 Å². The number of carbonyl (C=O) groups is 1. The second-order valence-electron chi connectivity index (χ2n) is 23.4. The van der Waals surface area contributed by atoms with Crippen molar-refractivity contribution in [1.82, 2.24) is 0 Å². The molecule has 0 saturated carbocycles. The smallest absolute Gasteiger partial charge is 0.309 e. The van der Waals surface area contributed by atoms with Crippen molar-refractivity contribution in [3.8, 4) is 0 Å². The topological polar surface area (TPSA) is 37.3 Å². The Balaban J connectivity index is 6.04. The molecule has 0 aromatic heterocycles. The minimum Gasteiger partial charge on any atom is -0.481 e. The van der Waals surface area contributed by atoms with Crippen LogP contribution >= 0.6 is 0 Å². The molecule has 2 unspecified atom stereocenters. The Hall–Kier alpha value is -0.530.